The van der Waals surface area contributed by atoms with Crippen molar-refractivity contribution in [3.63, 3.8) is 0 Å². The molecule has 0 fully saturated rings. The summed E-state index contributed by atoms with van der Waals surface area (Å²) in [6, 6.07) is 0. The van der Waals surface area contributed by atoms with Gasteiger partial charge in [-0.05, 0) is 13.3 Å². The molecule has 0 amide bonds. The van der Waals surface area contributed by atoms with Crippen LogP contribution in [0.15, 0.2) is 6.33 Å². The first-order chi connectivity index (χ1) is 10.3. The molecule has 0 bridgehead atoms. The van der Waals surface area contributed by atoms with Crippen molar-refractivity contribution in [1.29, 1.82) is 0 Å². The number of aromatic nitrogens is 2. The fourth-order valence-electron chi connectivity index (χ4n) is 2.20. The number of rotatable bonds is 11. The molecule has 0 saturated carbocycles. The maximum atomic E-state index is 5.21. The van der Waals surface area contributed by atoms with Gasteiger partial charge >= 0.3 is 0 Å². The van der Waals surface area contributed by atoms with E-state index in [4.69, 9.17) is 9.47 Å². The molecule has 6 heteroatoms. The minimum Gasteiger partial charge on any atom is -0.383 e. The Morgan fingerprint density at radius 2 is 1.76 bits per heavy atom. The SMILES string of the molecule is CCCc1c(NCC)ncnc1N(CCOC)CCOC. The number of nitrogens with zero attached hydrogens (tertiary/aromatic N) is 3. The van der Waals surface area contributed by atoms with Gasteiger partial charge in [0.25, 0.3) is 0 Å². The highest BCUT2D eigenvalue weighted by Gasteiger charge is 2.16. The van der Waals surface area contributed by atoms with Crippen molar-refractivity contribution < 1.29 is 9.47 Å². The van der Waals surface area contributed by atoms with Crippen LogP contribution in [0.1, 0.15) is 25.8 Å². The molecule has 0 aliphatic carbocycles. The number of hydrogen-bond acceptors (Lipinski definition) is 6. The van der Waals surface area contributed by atoms with Gasteiger partial charge in [-0.25, -0.2) is 9.97 Å². The molecule has 21 heavy (non-hydrogen) atoms. The largest absolute Gasteiger partial charge is 0.383 e. The van der Waals surface area contributed by atoms with Crippen molar-refractivity contribution in [3.8, 4) is 0 Å². The molecule has 1 aromatic heterocycles. The van der Waals surface area contributed by atoms with Crippen molar-refractivity contribution >= 4 is 11.6 Å². The van der Waals surface area contributed by atoms with Gasteiger partial charge in [0.05, 0.1) is 13.2 Å². The molecule has 0 unspecified atom stereocenters. The Bertz CT molecular complexity index is 393. The fourth-order valence-corrected chi connectivity index (χ4v) is 2.20. The maximum Gasteiger partial charge on any atom is 0.137 e. The first-order valence-electron chi connectivity index (χ1n) is 7.58. The molecule has 0 spiro atoms. The molecule has 0 radical (unpaired) electrons. The Labute approximate surface area is 127 Å². The van der Waals surface area contributed by atoms with E-state index in [9.17, 15) is 0 Å². The summed E-state index contributed by atoms with van der Waals surface area (Å²) in [7, 11) is 3.43. The number of ether oxygens (including phenoxy) is 2. The third kappa shape index (κ3) is 5.47. The Hall–Kier alpha value is -1.40. The van der Waals surface area contributed by atoms with Crippen LogP contribution in [0.4, 0.5) is 11.6 Å². The Morgan fingerprint density at radius 1 is 1.10 bits per heavy atom. The lowest BCUT2D eigenvalue weighted by Crippen LogP contribution is -2.32. The Kier molecular flexibility index (Phi) is 8.69. The first-order valence-corrected chi connectivity index (χ1v) is 7.58. The summed E-state index contributed by atoms with van der Waals surface area (Å²) < 4.78 is 10.4. The molecule has 1 N–H and O–H groups in total. The van der Waals surface area contributed by atoms with Crippen LogP contribution in [0.3, 0.4) is 0 Å². The second-order valence-corrected chi connectivity index (χ2v) is 4.78. The number of hydrogen-bond donors (Lipinski definition) is 1. The minimum atomic E-state index is 0.663. The van der Waals surface area contributed by atoms with E-state index in [-0.39, 0.29) is 0 Å². The normalized spacial score (nSPS) is 10.7. The van der Waals surface area contributed by atoms with Gasteiger partial charge in [0, 0.05) is 39.4 Å². The zero-order chi connectivity index (χ0) is 15.5. The first kappa shape index (κ1) is 17.7. The summed E-state index contributed by atoms with van der Waals surface area (Å²) in [6.07, 6.45) is 3.63. The zero-order valence-electron chi connectivity index (χ0n) is 13.7. The molecule has 1 aromatic rings. The summed E-state index contributed by atoms with van der Waals surface area (Å²) >= 11 is 0. The third-order valence-electron chi connectivity index (χ3n) is 3.20. The topological polar surface area (TPSA) is 59.5 Å². The summed E-state index contributed by atoms with van der Waals surface area (Å²) in [5, 5.41) is 3.33. The molecule has 120 valence electrons. The van der Waals surface area contributed by atoms with Crippen LogP contribution in [0, 0.1) is 0 Å². The molecule has 0 aliphatic rings. The number of methoxy groups -OCH3 is 2. The molecule has 1 rings (SSSR count). The van der Waals surface area contributed by atoms with E-state index in [1.807, 2.05) is 0 Å². The van der Waals surface area contributed by atoms with Crippen LogP contribution in [-0.2, 0) is 15.9 Å². The minimum absolute atomic E-state index is 0.663. The highest BCUT2D eigenvalue weighted by molar-refractivity contribution is 5.58. The van der Waals surface area contributed by atoms with Gasteiger partial charge in [-0.1, -0.05) is 13.3 Å². The third-order valence-corrected chi connectivity index (χ3v) is 3.20. The van der Waals surface area contributed by atoms with E-state index < -0.39 is 0 Å². The highest BCUT2D eigenvalue weighted by Crippen LogP contribution is 2.24. The van der Waals surface area contributed by atoms with Crippen LogP contribution in [0.5, 0.6) is 0 Å². The van der Waals surface area contributed by atoms with Gasteiger partial charge in [-0.2, -0.15) is 0 Å². The molecular formula is C15H28N4O2. The number of anilines is 2. The summed E-state index contributed by atoms with van der Waals surface area (Å²) in [5.74, 6) is 1.92. The smallest absolute Gasteiger partial charge is 0.137 e. The summed E-state index contributed by atoms with van der Waals surface area (Å²) in [6.45, 7) is 8.00. The maximum absolute atomic E-state index is 5.21. The van der Waals surface area contributed by atoms with Gasteiger partial charge < -0.3 is 19.7 Å². The molecular weight excluding hydrogens is 268 g/mol. The predicted octanol–water partition coefficient (Wildman–Crippen LogP) is 1.96. The van der Waals surface area contributed by atoms with Crippen molar-refractivity contribution in [2.24, 2.45) is 0 Å². The van der Waals surface area contributed by atoms with Gasteiger partial charge in [-0.15, -0.1) is 0 Å². The fraction of sp³-hybridized carbons (Fsp3) is 0.733. The van der Waals surface area contributed by atoms with Crippen molar-refractivity contribution in [2.75, 3.05) is 57.3 Å². The molecule has 0 aromatic carbocycles. The van der Waals surface area contributed by atoms with E-state index in [1.54, 1.807) is 20.5 Å². The summed E-state index contributed by atoms with van der Waals surface area (Å²) in [5.41, 5.74) is 1.18. The quantitative estimate of drug-likeness (QED) is 0.673. The lowest BCUT2D eigenvalue weighted by molar-refractivity contribution is 0.190. The molecule has 0 saturated heterocycles. The molecule has 0 atom stereocenters. The molecule has 1 heterocycles. The molecule has 0 aliphatic heterocycles. The number of nitrogens with one attached hydrogen (secondary N) is 1. The van der Waals surface area contributed by atoms with E-state index in [1.165, 1.54) is 5.56 Å². The highest BCUT2D eigenvalue weighted by atomic mass is 16.5. The molecule has 6 nitrogen and oxygen atoms in total. The van der Waals surface area contributed by atoms with Gasteiger partial charge in [0.15, 0.2) is 0 Å². The van der Waals surface area contributed by atoms with E-state index >= 15 is 0 Å². The summed E-state index contributed by atoms with van der Waals surface area (Å²) in [4.78, 5) is 11.1. The van der Waals surface area contributed by atoms with Gasteiger partial charge in [-0.3, -0.25) is 0 Å². The van der Waals surface area contributed by atoms with Crippen LogP contribution < -0.4 is 10.2 Å². The van der Waals surface area contributed by atoms with E-state index in [0.717, 1.165) is 44.1 Å². The van der Waals surface area contributed by atoms with Crippen LogP contribution >= 0.6 is 0 Å². The van der Waals surface area contributed by atoms with Gasteiger partial charge in [0.2, 0.25) is 0 Å². The second-order valence-electron chi connectivity index (χ2n) is 4.78. The Balaban J connectivity index is 3.05. The van der Waals surface area contributed by atoms with E-state index in [2.05, 4.69) is 34.0 Å². The van der Waals surface area contributed by atoms with Crippen molar-refractivity contribution in [3.05, 3.63) is 11.9 Å². The second kappa shape index (κ2) is 10.3. The lowest BCUT2D eigenvalue weighted by atomic mass is 10.1. The monoisotopic (exact) mass is 296 g/mol. The van der Waals surface area contributed by atoms with Crippen LogP contribution in [0.25, 0.3) is 0 Å². The average molecular weight is 296 g/mol. The van der Waals surface area contributed by atoms with Gasteiger partial charge in [0.1, 0.15) is 18.0 Å². The van der Waals surface area contributed by atoms with Crippen molar-refractivity contribution in [1.82, 2.24) is 9.97 Å². The zero-order valence-corrected chi connectivity index (χ0v) is 13.7. The van der Waals surface area contributed by atoms with Crippen LogP contribution in [0.2, 0.25) is 0 Å². The van der Waals surface area contributed by atoms with Crippen molar-refractivity contribution in [2.45, 2.75) is 26.7 Å². The van der Waals surface area contributed by atoms with Crippen LogP contribution in [-0.4, -0.2) is 57.0 Å². The van der Waals surface area contributed by atoms with E-state index in [0.29, 0.717) is 13.2 Å². The predicted molar refractivity (Wildman–Crippen MR) is 86.2 cm³/mol. The Morgan fingerprint density at radius 3 is 2.29 bits per heavy atom. The lowest BCUT2D eigenvalue weighted by Gasteiger charge is -2.26. The standard InChI is InChI=1S/C15H28N4O2/c1-5-7-13-14(16-6-2)17-12-18-15(13)19(8-10-20-3)9-11-21-4/h12H,5-11H2,1-4H3,(H,16,17,18). The average Bonchev–Trinajstić information content (AvgIpc) is 2.50.